The molecule has 80 valence electrons. The zero-order valence-electron chi connectivity index (χ0n) is 7.94. The van der Waals surface area contributed by atoms with E-state index in [0.717, 1.165) is 6.42 Å². The highest BCUT2D eigenvalue weighted by Gasteiger charge is 2.44. The highest BCUT2D eigenvalue weighted by Crippen LogP contribution is 2.28. The molecule has 0 spiro atoms. The first-order valence-corrected chi connectivity index (χ1v) is 5.20. The molecule has 5 heteroatoms. The number of esters is 1. The van der Waals surface area contributed by atoms with E-state index in [9.17, 15) is 4.79 Å². The van der Waals surface area contributed by atoms with Gasteiger partial charge in [-0.05, 0) is 13.3 Å². The van der Waals surface area contributed by atoms with Gasteiger partial charge in [0.05, 0.1) is 12.7 Å². The Balaban J connectivity index is 1.90. The molecule has 0 aromatic heterocycles. The summed E-state index contributed by atoms with van der Waals surface area (Å²) in [6, 6.07) is 0. The first-order chi connectivity index (χ1) is 6.68. The van der Waals surface area contributed by atoms with Crippen molar-refractivity contribution in [2.24, 2.45) is 0 Å². The lowest BCUT2D eigenvalue weighted by Crippen LogP contribution is -2.33. The van der Waals surface area contributed by atoms with Gasteiger partial charge in [-0.3, -0.25) is 4.79 Å². The fraction of sp³-hybridized carbons (Fsp3) is 0.889. The minimum atomic E-state index is -0.615. The van der Waals surface area contributed by atoms with E-state index in [2.05, 4.69) is 0 Å². The molecule has 0 amide bonds. The molecule has 0 saturated carbocycles. The predicted molar refractivity (Wildman–Crippen MR) is 49.3 cm³/mol. The second-order valence-corrected chi connectivity index (χ2v) is 4.24. The van der Waals surface area contributed by atoms with Crippen LogP contribution in [0.25, 0.3) is 0 Å². The summed E-state index contributed by atoms with van der Waals surface area (Å²) in [5.41, 5.74) is 0. The molecular formula is C9H13ClO4. The van der Waals surface area contributed by atoms with E-state index in [1.54, 1.807) is 6.92 Å². The van der Waals surface area contributed by atoms with E-state index in [-0.39, 0.29) is 18.3 Å². The summed E-state index contributed by atoms with van der Waals surface area (Å²) < 4.78 is 16.0. The SMILES string of the molecule is CC(Cl)C(=O)OC1COC2CCOC21. The second-order valence-electron chi connectivity index (χ2n) is 3.59. The minimum absolute atomic E-state index is 0.0885. The molecular weight excluding hydrogens is 208 g/mol. The van der Waals surface area contributed by atoms with E-state index in [0.29, 0.717) is 13.2 Å². The molecule has 2 aliphatic rings. The normalized spacial score (nSPS) is 38.0. The second kappa shape index (κ2) is 4.04. The quantitative estimate of drug-likeness (QED) is 0.508. The molecule has 2 rings (SSSR count). The Labute approximate surface area is 87.5 Å². The number of carbonyl (C=O) groups excluding carboxylic acids is 1. The standard InChI is InChI=1S/C9H13ClO4/c1-5(10)9(11)14-7-4-13-6-2-3-12-8(6)7/h5-8H,2-4H2,1H3. The monoisotopic (exact) mass is 220 g/mol. The summed E-state index contributed by atoms with van der Waals surface area (Å²) in [6.45, 7) is 2.69. The summed E-state index contributed by atoms with van der Waals surface area (Å²) in [6.07, 6.45) is 0.610. The topological polar surface area (TPSA) is 44.8 Å². The molecule has 0 radical (unpaired) electrons. The van der Waals surface area contributed by atoms with Crippen LogP contribution in [0.5, 0.6) is 0 Å². The van der Waals surface area contributed by atoms with Crippen LogP contribution >= 0.6 is 11.6 Å². The van der Waals surface area contributed by atoms with E-state index in [1.807, 2.05) is 0 Å². The van der Waals surface area contributed by atoms with Crippen LogP contribution in [0.2, 0.25) is 0 Å². The molecule has 2 saturated heterocycles. The molecule has 0 aliphatic carbocycles. The van der Waals surface area contributed by atoms with Crippen LogP contribution in [0.3, 0.4) is 0 Å². The van der Waals surface area contributed by atoms with Crippen LogP contribution in [-0.4, -0.2) is 42.9 Å². The van der Waals surface area contributed by atoms with Crippen molar-refractivity contribution in [2.45, 2.75) is 37.0 Å². The van der Waals surface area contributed by atoms with Crippen molar-refractivity contribution in [1.29, 1.82) is 0 Å². The smallest absolute Gasteiger partial charge is 0.324 e. The van der Waals surface area contributed by atoms with Crippen LogP contribution in [0.15, 0.2) is 0 Å². The first-order valence-electron chi connectivity index (χ1n) is 4.76. The van der Waals surface area contributed by atoms with Crippen molar-refractivity contribution in [1.82, 2.24) is 0 Å². The van der Waals surface area contributed by atoms with Gasteiger partial charge in [-0.15, -0.1) is 11.6 Å². The molecule has 4 atom stereocenters. The Kier molecular flexibility index (Phi) is 2.95. The van der Waals surface area contributed by atoms with Gasteiger partial charge >= 0.3 is 5.97 Å². The maximum atomic E-state index is 11.2. The fourth-order valence-electron chi connectivity index (χ4n) is 1.77. The number of fused-ring (bicyclic) bond motifs is 1. The van der Waals surface area contributed by atoms with Gasteiger partial charge in [0.25, 0.3) is 0 Å². The average molecular weight is 221 g/mol. The third-order valence-electron chi connectivity index (χ3n) is 2.51. The van der Waals surface area contributed by atoms with Crippen LogP contribution in [0, 0.1) is 0 Å². The van der Waals surface area contributed by atoms with Crippen LogP contribution < -0.4 is 0 Å². The van der Waals surface area contributed by atoms with Gasteiger partial charge < -0.3 is 14.2 Å². The Hall–Kier alpha value is -0.320. The van der Waals surface area contributed by atoms with Crippen molar-refractivity contribution in [3.05, 3.63) is 0 Å². The van der Waals surface area contributed by atoms with Gasteiger partial charge in [0, 0.05) is 6.61 Å². The van der Waals surface area contributed by atoms with Crippen LogP contribution in [-0.2, 0) is 19.0 Å². The number of hydrogen-bond acceptors (Lipinski definition) is 4. The summed E-state index contributed by atoms with van der Waals surface area (Å²) in [5.74, 6) is -0.406. The molecule has 0 aromatic rings. The number of hydrogen-bond donors (Lipinski definition) is 0. The molecule has 4 nitrogen and oxygen atoms in total. The lowest BCUT2D eigenvalue weighted by molar-refractivity contribution is -0.152. The van der Waals surface area contributed by atoms with E-state index in [1.165, 1.54) is 0 Å². The van der Waals surface area contributed by atoms with Gasteiger partial charge in [0.2, 0.25) is 0 Å². The molecule has 0 bridgehead atoms. The van der Waals surface area contributed by atoms with Gasteiger partial charge in [-0.2, -0.15) is 0 Å². The lowest BCUT2D eigenvalue weighted by Gasteiger charge is -2.17. The van der Waals surface area contributed by atoms with E-state index in [4.69, 9.17) is 25.8 Å². The van der Waals surface area contributed by atoms with Crippen molar-refractivity contribution in [2.75, 3.05) is 13.2 Å². The van der Waals surface area contributed by atoms with Gasteiger partial charge in [-0.25, -0.2) is 0 Å². The summed E-state index contributed by atoms with van der Waals surface area (Å²) in [5, 5.41) is -0.615. The van der Waals surface area contributed by atoms with Gasteiger partial charge in [-0.1, -0.05) is 0 Å². The number of rotatable bonds is 2. The predicted octanol–water partition coefficient (Wildman–Crippen LogP) is 0.713. The maximum Gasteiger partial charge on any atom is 0.324 e. The van der Waals surface area contributed by atoms with Crippen molar-refractivity contribution >= 4 is 17.6 Å². The molecule has 2 fully saturated rings. The molecule has 0 aromatic carbocycles. The molecule has 2 heterocycles. The molecule has 14 heavy (non-hydrogen) atoms. The Morgan fingerprint density at radius 2 is 2.36 bits per heavy atom. The zero-order valence-corrected chi connectivity index (χ0v) is 8.70. The highest BCUT2D eigenvalue weighted by molar-refractivity contribution is 6.29. The van der Waals surface area contributed by atoms with Crippen LogP contribution in [0.1, 0.15) is 13.3 Å². The van der Waals surface area contributed by atoms with Crippen molar-refractivity contribution in [3.63, 3.8) is 0 Å². The third kappa shape index (κ3) is 1.87. The summed E-state index contributed by atoms with van der Waals surface area (Å²) in [4.78, 5) is 11.2. The Morgan fingerprint density at radius 1 is 1.57 bits per heavy atom. The Bertz CT molecular complexity index is 231. The molecule has 0 N–H and O–H groups in total. The molecule has 4 unspecified atom stereocenters. The fourth-order valence-corrected chi connectivity index (χ4v) is 1.83. The maximum absolute atomic E-state index is 11.2. The van der Waals surface area contributed by atoms with Crippen LogP contribution in [0.4, 0.5) is 0 Å². The van der Waals surface area contributed by atoms with Crippen molar-refractivity contribution in [3.8, 4) is 0 Å². The number of ether oxygens (including phenoxy) is 3. The largest absolute Gasteiger partial charge is 0.456 e. The van der Waals surface area contributed by atoms with E-state index < -0.39 is 11.3 Å². The third-order valence-corrected chi connectivity index (χ3v) is 2.69. The summed E-state index contributed by atoms with van der Waals surface area (Å²) in [7, 11) is 0. The Morgan fingerprint density at radius 3 is 3.07 bits per heavy atom. The highest BCUT2D eigenvalue weighted by atomic mass is 35.5. The number of alkyl halides is 1. The summed E-state index contributed by atoms with van der Waals surface area (Å²) >= 11 is 5.59. The lowest BCUT2D eigenvalue weighted by atomic mass is 10.1. The van der Waals surface area contributed by atoms with Crippen molar-refractivity contribution < 1.29 is 19.0 Å². The first kappa shape index (κ1) is 10.2. The van der Waals surface area contributed by atoms with Gasteiger partial charge in [0.15, 0.2) is 6.10 Å². The number of halogens is 1. The molecule has 2 aliphatic heterocycles. The van der Waals surface area contributed by atoms with E-state index >= 15 is 0 Å². The number of carbonyl (C=O) groups is 1. The van der Waals surface area contributed by atoms with Gasteiger partial charge in [0.1, 0.15) is 11.5 Å². The average Bonchev–Trinajstić information content (AvgIpc) is 2.69. The zero-order chi connectivity index (χ0) is 10.1. The minimum Gasteiger partial charge on any atom is -0.456 e.